The Morgan fingerprint density at radius 3 is 2.63 bits per heavy atom. The highest BCUT2D eigenvalue weighted by Gasteiger charge is 2.14. The molecular formula is C21H20N2O4. The van der Waals surface area contributed by atoms with Crippen molar-refractivity contribution < 1.29 is 19.0 Å². The summed E-state index contributed by atoms with van der Waals surface area (Å²) in [6.07, 6.45) is 2.47. The van der Waals surface area contributed by atoms with Crippen LogP contribution in [0.3, 0.4) is 0 Å². The van der Waals surface area contributed by atoms with Gasteiger partial charge in [0.1, 0.15) is 30.6 Å². The molecule has 6 heteroatoms. The zero-order valence-corrected chi connectivity index (χ0v) is 15.0. The molecule has 1 aliphatic rings. The fraction of sp³-hybridized carbons (Fsp3) is 0.238. The summed E-state index contributed by atoms with van der Waals surface area (Å²) in [4.78, 5) is 12.4. The van der Waals surface area contributed by atoms with Crippen LogP contribution in [0.1, 0.15) is 18.9 Å². The molecule has 0 saturated heterocycles. The molecule has 0 spiro atoms. The summed E-state index contributed by atoms with van der Waals surface area (Å²) in [7, 11) is 0. The summed E-state index contributed by atoms with van der Waals surface area (Å²) in [5.41, 5.74) is 1.29. The van der Waals surface area contributed by atoms with E-state index in [2.05, 4.69) is 5.32 Å². The molecule has 1 heterocycles. The summed E-state index contributed by atoms with van der Waals surface area (Å²) in [5.74, 6) is 1.48. The molecule has 0 fully saturated rings. The highest BCUT2D eigenvalue weighted by atomic mass is 16.6. The first-order valence-corrected chi connectivity index (χ1v) is 8.75. The van der Waals surface area contributed by atoms with Gasteiger partial charge in [0.15, 0.2) is 11.5 Å². The first-order valence-electron chi connectivity index (χ1n) is 8.75. The second kappa shape index (κ2) is 8.77. The maximum absolute atomic E-state index is 12.4. The molecule has 138 valence electrons. The maximum atomic E-state index is 12.4. The Balaban J connectivity index is 1.70. The number of benzene rings is 2. The summed E-state index contributed by atoms with van der Waals surface area (Å²) in [6.45, 7) is 3.65. The summed E-state index contributed by atoms with van der Waals surface area (Å²) in [6, 6.07) is 14.3. The lowest BCUT2D eigenvalue weighted by Crippen LogP contribution is -2.17. The normalized spacial score (nSPS) is 12.8. The van der Waals surface area contributed by atoms with Crippen molar-refractivity contribution in [2.75, 3.05) is 25.1 Å². The van der Waals surface area contributed by atoms with Gasteiger partial charge in [0.2, 0.25) is 0 Å². The molecule has 0 saturated carbocycles. The van der Waals surface area contributed by atoms with E-state index < -0.39 is 5.91 Å². The third-order valence-electron chi connectivity index (χ3n) is 3.83. The number of ether oxygens (including phenoxy) is 3. The Kier molecular flexibility index (Phi) is 5.95. The molecule has 1 amide bonds. The molecule has 2 aromatic carbocycles. The van der Waals surface area contributed by atoms with E-state index in [1.165, 1.54) is 6.08 Å². The van der Waals surface area contributed by atoms with E-state index in [9.17, 15) is 10.1 Å². The van der Waals surface area contributed by atoms with Gasteiger partial charge in [-0.25, -0.2) is 0 Å². The van der Waals surface area contributed by atoms with Crippen LogP contribution in [0.4, 0.5) is 5.69 Å². The second-order valence-electron chi connectivity index (χ2n) is 5.90. The van der Waals surface area contributed by atoms with E-state index in [0.717, 1.165) is 17.7 Å². The smallest absolute Gasteiger partial charge is 0.266 e. The Morgan fingerprint density at radius 1 is 1.19 bits per heavy atom. The second-order valence-corrected chi connectivity index (χ2v) is 5.90. The summed E-state index contributed by atoms with van der Waals surface area (Å²) >= 11 is 0. The quantitative estimate of drug-likeness (QED) is 0.623. The number of nitrogens with one attached hydrogen (secondary N) is 1. The first kappa shape index (κ1) is 18.3. The standard InChI is InChI=1S/C21H20N2O4/c1-2-9-25-18-6-3-15(4-7-18)12-16(14-22)21(24)23-17-5-8-19-20(13-17)27-11-10-26-19/h3-8,12-13H,2,9-11H2,1H3,(H,23,24)/b16-12+. The molecule has 2 aromatic rings. The van der Waals surface area contributed by atoms with Crippen LogP contribution in [-0.4, -0.2) is 25.7 Å². The number of carbonyl (C=O) groups excluding carboxylic acids is 1. The van der Waals surface area contributed by atoms with Crippen molar-refractivity contribution in [2.45, 2.75) is 13.3 Å². The molecule has 0 atom stereocenters. The highest BCUT2D eigenvalue weighted by molar-refractivity contribution is 6.09. The zero-order valence-electron chi connectivity index (χ0n) is 15.0. The predicted octanol–water partition coefficient (Wildman–Crippen LogP) is 3.79. The van der Waals surface area contributed by atoms with Crippen LogP contribution in [0.25, 0.3) is 6.08 Å². The number of rotatable bonds is 6. The number of hydrogen-bond acceptors (Lipinski definition) is 5. The third-order valence-corrected chi connectivity index (χ3v) is 3.83. The molecule has 0 aromatic heterocycles. The Labute approximate surface area is 158 Å². The number of fused-ring (bicyclic) bond motifs is 1. The lowest BCUT2D eigenvalue weighted by atomic mass is 10.1. The fourth-order valence-electron chi connectivity index (χ4n) is 2.51. The average molecular weight is 364 g/mol. The zero-order chi connectivity index (χ0) is 19.1. The molecule has 1 N–H and O–H groups in total. The van der Waals surface area contributed by atoms with Crippen LogP contribution in [-0.2, 0) is 4.79 Å². The van der Waals surface area contributed by atoms with E-state index in [-0.39, 0.29) is 5.57 Å². The van der Waals surface area contributed by atoms with Crippen molar-refractivity contribution >= 4 is 17.7 Å². The van der Waals surface area contributed by atoms with Gasteiger partial charge in [-0.15, -0.1) is 0 Å². The number of carbonyl (C=O) groups is 1. The van der Waals surface area contributed by atoms with Crippen LogP contribution < -0.4 is 19.5 Å². The fourth-order valence-corrected chi connectivity index (χ4v) is 2.51. The molecule has 0 aliphatic carbocycles. The van der Waals surface area contributed by atoms with Gasteiger partial charge in [0.25, 0.3) is 5.91 Å². The van der Waals surface area contributed by atoms with Crippen molar-refractivity contribution in [1.29, 1.82) is 5.26 Å². The summed E-state index contributed by atoms with van der Waals surface area (Å²) < 4.78 is 16.5. The minimum Gasteiger partial charge on any atom is -0.494 e. The number of nitrogens with zero attached hydrogens (tertiary/aromatic N) is 1. The molecule has 6 nitrogen and oxygen atoms in total. The number of anilines is 1. The molecule has 3 rings (SSSR count). The van der Waals surface area contributed by atoms with Gasteiger partial charge in [0.05, 0.1) is 6.61 Å². The van der Waals surface area contributed by atoms with Gasteiger partial charge in [-0.05, 0) is 42.3 Å². The molecule has 0 bridgehead atoms. The van der Waals surface area contributed by atoms with Crippen molar-refractivity contribution in [2.24, 2.45) is 0 Å². The topological polar surface area (TPSA) is 80.6 Å². The van der Waals surface area contributed by atoms with Crippen LogP contribution in [0.2, 0.25) is 0 Å². The monoisotopic (exact) mass is 364 g/mol. The van der Waals surface area contributed by atoms with E-state index in [1.807, 2.05) is 25.1 Å². The summed E-state index contributed by atoms with van der Waals surface area (Å²) in [5, 5.41) is 12.1. The molecule has 1 aliphatic heterocycles. The van der Waals surface area contributed by atoms with Gasteiger partial charge in [-0.2, -0.15) is 5.26 Å². The minimum absolute atomic E-state index is 0.00659. The van der Waals surface area contributed by atoms with E-state index in [1.54, 1.807) is 30.3 Å². The van der Waals surface area contributed by atoms with Crippen LogP contribution in [0.5, 0.6) is 17.2 Å². The van der Waals surface area contributed by atoms with E-state index >= 15 is 0 Å². The molecule has 0 unspecified atom stereocenters. The average Bonchev–Trinajstić information content (AvgIpc) is 2.71. The van der Waals surface area contributed by atoms with Crippen molar-refractivity contribution in [3.63, 3.8) is 0 Å². The first-order chi connectivity index (χ1) is 13.2. The Bertz CT molecular complexity index is 882. The number of nitriles is 1. The van der Waals surface area contributed by atoms with Gasteiger partial charge in [0, 0.05) is 11.8 Å². The molecule has 27 heavy (non-hydrogen) atoms. The van der Waals surface area contributed by atoms with Gasteiger partial charge in [-0.3, -0.25) is 4.79 Å². The predicted molar refractivity (Wildman–Crippen MR) is 102 cm³/mol. The minimum atomic E-state index is -0.486. The third kappa shape index (κ3) is 4.79. The van der Waals surface area contributed by atoms with Gasteiger partial charge >= 0.3 is 0 Å². The van der Waals surface area contributed by atoms with Gasteiger partial charge < -0.3 is 19.5 Å². The van der Waals surface area contributed by atoms with Crippen molar-refractivity contribution in [1.82, 2.24) is 0 Å². The SMILES string of the molecule is CCCOc1ccc(/C=C(\C#N)C(=O)Nc2ccc3c(c2)OCCO3)cc1. The number of hydrogen-bond donors (Lipinski definition) is 1. The number of amides is 1. The van der Waals surface area contributed by atoms with E-state index in [0.29, 0.717) is 37.0 Å². The Morgan fingerprint density at radius 2 is 1.93 bits per heavy atom. The molecular weight excluding hydrogens is 344 g/mol. The van der Waals surface area contributed by atoms with Crippen LogP contribution >= 0.6 is 0 Å². The maximum Gasteiger partial charge on any atom is 0.266 e. The van der Waals surface area contributed by atoms with E-state index in [4.69, 9.17) is 14.2 Å². The largest absolute Gasteiger partial charge is 0.494 e. The van der Waals surface area contributed by atoms with Crippen LogP contribution in [0.15, 0.2) is 48.0 Å². The van der Waals surface area contributed by atoms with Gasteiger partial charge in [-0.1, -0.05) is 19.1 Å². The molecule has 0 radical (unpaired) electrons. The van der Waals surface area contributed by atoms with Crippen LogP contribution in [0, 0.1) is 11.3 Å². The lowest BCUT2D eigenvalue weighted by molar-refractivity contribution is -0.112. The highest BCUT2D eigenvalue weighted by Crippen LogP contribution is 2.32. The Hall–Kier alpha value is -3.46. The lowest BCUT2D eigenvalue weighted by Gasteiger charge is -2.18. The van der Waals surface area contributed by atoms with Crippen molar-refractivity contribution in [3.8, 4) is 23.3 Å². The van der Waals surface area contributed by atoms with Crippen molar-refractivity contribution in [3.05, 3.63) is 53.6 Å².